The lowest BCUT2D eigenvalue weighted by Gasteiger charge is -2.02. The third-order valence-electron chi connectivity index (χ3n) is 2.75. The van der Waals surface area contributed by atoms with Crippen LogP contribution in [0, 0.1) is 6.92 Å². The quantitative estimate of drug-likeness (QED) is 0.736. The fraction of sp³-hybridized carbons (Fsp3) is 0.214. The monoisotopic (exact) mass is 289 g/mol. The van der Waals surface area contributed by atoms with Gasteiger partial charge in [0.2, 0.25) is 11.1 Å². The number of furan rings is 1. The van der Waals surface area contributed by atoms with Crippen LogP contribution in [0.25, 0.3) is 22.6 Å². The second-order valence-electron chi connectivity index (χ2n) is 4.30. The van der Waals surface area contributed by atoms with Crippen LogP contribution in [0.5, 0.6) is 6.01 Å². The Morgan fingerprint density at radius 3 is 2.85 bits per heavy atom. The maximum atomic E-state index is 5.88. The van der Waals surface area contributed by atoms with Gasteiger partial charge in [0.05, 0.1) is 6.61 Å². The Hall–Kier alpha value is -2.14. The lowest BCUT2D eigenvalue weighted by Crippen LogP contribution is -2.00. The molecule has 0 fully saturated rings. The van der Waals surface area contributed by atoms with E-state index in [0.29, 0.717) is 18.2 Å². The van der Waals surface area contributed by atoms with Crippen LogP contribution in [0.3, 0.4) is 0 Å². The number of rotatable bonds is 3. The van der Waals surface area contributed by atoms with E-state index in [1.807, 2.05) is 38.1 Å². The fourth-order valence-electron chi connectivity index (χ4n) is 1.91. The van der Waals surface area contributed by atoms with Crippen molar-refractivity contribution < 1.29 is 9.15 Å². The standard InChI is InChI=1S/C14H12ClN3O2/c1-3-19-14-17-12(16-13(15)18-14)11-7-9-6-8(2)4-5-10(9)20-11/h4-7H,3H2,1-2H3. The summed E-state index contributed by atoms with van der Waals surface area (Å²) in [6.07, 6.45) is 0. The van der Waals surface area contributed by atoms with Gasteiger partial charge >= 0.3 is 6.01 Å². The Balaban J connectivity index is 2.10. The maximum absolute atomic E-state index is 5.88. The number of benzene rings is 1. The average Bonchev–Trinajstić information content (AvgIpc) is 2.81. The van der Waals surface area contributed by atoms with E-state index in [1.165, 1.54) is 0 Å². The molecule has 0 atom stereocenters. The van der Waals surface area contributed by atoms with Crippen molar-refractivity contribution >= 4 is 22.6 Å². The molecule has 0 bridgehead atoms. The van der Waals surface area contributed by atoms with E-state index in [-0.39, 0.29) is 11.3 Å². The summed E-state index contributed by atoms with van der Waals surface area (Å²) < 4.78 is 11.0. The van der Waals surface area contributed by atoms with E-state index in [2.05, 4.69) is 15.0 Å². The van der Waals surface area contributed by atoms with Crippen LogP contribution in [0.2, 0.25) is 5.28 Å². The number of aromatic nitrogens is 3. The average molecular weight is 290 g/mol. The zero-order valence-corrected chi connectivity index (χ0v) is 11.8. The molecule has 0 aliphatic carbocycles. The van der Waals surface area contributed by atoms with E-state index < -0.39 is 0 Å². The smallest absolute Gasteiger partial charge is 0.321 e. The number of aryl methyl sites for hydroxylation is 1. The van der Waals surface area contributed by atoms with Gasteiger partial charge in [-0.1, -0.05) is 11.6 Å². The summed E-state index contributed by atoms with van der Waals surface area (Å²) in [5.74, 6) is 0.901. The molecule has 2 heterocycles. The summed E-state index contributed by atoms with van der Waals surface area (Å²) in [5, 5.41) is 1.07. The van der Waals surface area contributed by atoms with E-state index >= 15 is 0 Å². The first-order valence-electron chi connectivity index (χ1n) is 6.20. The number of nitrogens with zero attached hydrogens (tertiary/aromatic N) is 3. The molecule has 102 valence electrons. The van der Waals surface area contributed by atoms with Crippen LogP contribution < -0.4 is 4.74 Å². The molecule has 3 rings (SSSR count). The molecular formula is C14H12ClN3O2. The number of halogens is 1. The topological polar surface area (TPSA) is 61.0 Å². The third kappa shape index (κ3) is 2.44. The molecule has 3 aromatic rings. The SMILES string of the molecule is CCOc1nc(Cl)nc(-c2cc3cc(C)ccc3o2)n1. The molecule has 2 aromatic heterocycles. The molecule has 5 nitrogen and oxygen atoms in total. The predicted molar refractivity (Wildman–Crippen MR) is 76.0 cm³/mol. The third-order valence-corrected chi connectivity index (χ3v) is 2.92. The molecule has 1 aromatic carbocycles. The van der Waals surface area contributed by atoms with Crippen LogP contribution in [0.15, 0.2) is 28.7 Å². The minimum absolute atomic E-state index is 0.0788. The van der Waals surface area contributed by atoms with Gasteiger partial charge in [-0.25, -0.2) is 0 Å². The lowest BCUT2D eigenvalue weighted by atomic mass is 10.2. The van der Waals surface area contributed by atoms with Gasteiger partial charge in [0.25, 0.3) is 0 Å². The van der Waals surface area contributed by atoms with Gasteiger partial charge in [-0.05, 0) is 43.6 Å². The van der Waals surface area contributed by atoms with E-state index in [9.17, 15) is 0 Å². The normalized spacial score (nSPS) is 10.9. The summed E-state index contributed by atoms with van der Waals surface area (Å²) in [6.45, 7) is 4.33. The van der Waals surface area contributed by atoms with Gasteiger partial charge in [-0.15, -0.1) is 0 Å². The van der Waals surface area contributed by atoms with Crippen molar-refractivity contribution in [2.75, 3.05) is 6.61 Å². The summed E-state index contributed by atoms with van der Waals surface area (Å²) in [4.78, 5) is 12.2. The highest BCUT2D eigenvalue weighted by Crippen LogP contribution is 2.27. The molecule has 20 heavy (non-hydrogen) atoms. The van der Waals surface area contributed by atoms with Gasteiger partial charge in [-0.2, -0.15) is 15.0 Å². The van der Waals surface area contributed by atoms with E-state index in [4.69, 9.17) is 20.8 Å². The second kappa shape index (κ2) is 5.09. The Labute approximate surface area is 120 Å². The van der Waals surface area contributed by atoms with Crippen molar-refractivity contribution in [2.24, 2.45) is 0 Å². The second-order valence-corrected chi connectivity index (χ2v) is 4.63. The highest BCUT2D eigenvalue weighted by atomic mass is 35.5. The largest absolute Gasteiger partial charge is 0.464 e. The molecule has 0 spiro atoms. The Morgan fingerprint density at radius 2 is 2.05 bits per heavy atom. The molecule has 0 saturated carbocycles. The van der Waals surface area contributed by atoms with Crippen molar-refractivity contribution in [1.82, 2.24) is 15.0 Å². The summed E-state index contributed by atoms with van der Waals surface area (Å²) >= 11 is 5.88. The van der Waals surface area contributed by atoms with Crippen molar-refractivity contribution in [1.29, 1.82) is 0 Å². The molecule has 0 saturated heterocycles. The first-order valence-corrected chi connectivity index (χ1v) is 6.58. The molecule has 0 radical (unpaired) electrons. The minimum Gasteiger partial charge on any atom is -0.464 e. The van der Waals surface area contributed by atoms with Crippen molar-refractivity contribution in [3.8, 4) is 17.6 Å². The Bertz CT molecular complexity index is 770. The van der Waals surface area contributed by atoms with Gasteiger partial charge in [0.15, 0.2) is 5.76 Å². The highest BCUT2D eigenvalue weighted by molar-refractivity contribution is 6.28. The number of fused-ring (bicyclic) bond motifs is 1. The van der Waals surface area contributed by atoms with Crippen LogP contribution >= 0.6 is 11.6 Å². The van der Waals surface area contributed by atoms with Crippen molar-refractivity contribution in [2.45, 2.75) is 13.8 Å². The molecule has 0 amide bonds. The predicted octanol–water partition coefficient (Wildman–Crippen LogP) is 3.65. The lowest BCUT2D eigenvalue weighted by molar-refractivity contribution is 0.311. The van der Waals surface area contributed by atoms with Gasteiger partial charge in [-0.3, -0.25) is 0 Å². The molecule has 0 aliphatic heterocycles. The summed E-state index contributed by atoms with van der Waals surface area (Å²) in [7, 11) is 0. The maximum Gasteiger partial charge on any atom is 0.321 e. The minimum atomic E-state index is 0.0788. The molecule has 6 heteroatoms. The summed E-state index contributed by atoms with van der Waals surface area (Å²) in [5.41, 5.74) is 1.94. The Kier molecular flexibility index (Phi) is 3.28. The molecule has 0 unspecified atom stereocenters. The molecule has 0 aliphatic rings. The zero-order valence-electron chi connectivity index (χ0n) is 11.1. The zero-order chi connectivity index (χ0) is 14.1. The number of hydrogen-bond acceptors (Lipinski definition) is 5. The fourth-order valence-corrected chi connectivity index (χ4v) is 2.06. The summed E-state index contributed by atoms with van der Waals surface area (Å²) in [6, 6.07) is 8.01. The highest BCUT2D eigenvalue weighted by Gasteiger charge is 2.13. The molecule has 0 N–H and O–H groups in total. The van der Waals surface area contributed by atoms with E-state index in [1.54, 1.807) is 0 Å². The molecular weight excluding hydrogens is 278 g/mol. The van der Waals surface area contributed by atoms with E-state index in [0.717, 1.165) is 16.5 Å². The van der Waals surface area contributed by atoms with Crippen LogP contribution in [0.1, 0.15) is 12.5 Å². The van der Waals surface area contributed by atoms with Crippen LogP contribution in [-0.2, 0) is 0 Å². The van der Waals surface area contributed by atoms with Crippen LogP contribution in [-0.4, -0.2) is 21.6 Å². The number of ether oxygens (including phenoxy) is 1. The number of hydrogen-bond donors (Lipinski definition) is 0. The first kappa shape index (κ1) is 12.9. The van der Waals surface area contributed by atoms with Gasteiger partial charge in [0, 0.05) is 5.39 Å². The van der Waals surface area contributed by atoms with Gasteiger partial charge < -0.3 is 9.15 Å². The van der Waals surface area contributed by atoms with Crippen molar-refractivity contribution in [3.05, 3.63) is 35.1 Å². The van der Waals surface area contributed by atoms with Gasteiger partial charge in [0.1, 0.15) is 5.58 Å². The first-order chi connectivity index (χ1) is 9.65. The van der Waals surface area contributed by atoms with Crippen molar-refractivity contribution in [3.63, 3.8) is 0 Å². The van der Waals surface area contributed by atoms with Crippen LogP contribution in [0.4, 0.5) is 0 Å². The Morgan fingerprint density at radius 1 is 1.20 bits per heavy atom.